The van der Waals surface area contributed by atoms with Gasteiger partial charge < -0.3 is 11.1 Å². The molecular weight excluding hydrogens is 240 g/mol. The molecule has 2 aromatic heterocycles. The van der Waals surface area contributed by atoms with E-state index in [1.165, 1.54) is 6.33 Å². The lowest BCUT2D eigenvalue weighted by Crippen LogP contribution is -2.33. The van der Waals surface area contributed by atoms with Gasteiger partial charge in [0, 0.05) is 24.3 Å². The second-order valence-electron chi connectivity index (χ2n) is 6.16. The summed E-state index contributed by atoms with van der Waals surface area (Å²) in [5, 5.41) is 7.48. The molecule has 0 aliphatic heterocycles. The van der Waals surface area contributed by atoms with Crippen LogP contribution in [-0.2, 0) is 0 Å². The maximum atomic E-state index is 6.14. The van der Waals surface area contributed by atoms with E-state index in [1.807, 2.05) is 13.0 Å². The minimum Gasteiger partial charge on any atom is -0.368 e. The van der Waals surface area contributed by atoms with Crippen molar-refractivity contribution in [3.63, 3.8) is 0 Å². The molecule has 6 heteroatoms. The van der Waals surface area contributed by atoms with E-state index in [0.29, 0.717) is 12.3 Å². The third-order valence-corrected chi connectivity index (χ3v) is 2.80. The summed E-state index contributed by atoms with van der Waals surface area (Å²) in [5.41, 5.74) is 7.29. The molecule has 0 aliphatic carbocycles. The molecule has 0 aromatic carbocycles. The quantitative estimate of drug-likeness (QED) is 0.875. The van der Waals surface area contributed by atoms with Crippen molar-refractivity contribution in [2.45, 2.75) is 40.2 Å². The zero-order chi connectivity index (χ0) is 14.0. The smallest absolute Gasteiger partial charge is 0.254 e. The van der Waals surface area contributed by atoms with Gasteiger partial charge in [0.2, 0.25) is 0 Å². The van der Waals surface area contributed by atoms with Gasteiger partial charge in [-0.3, -0.25) is 0 Å². The number of hydrogen-bond acceptors (Lipinski definition) is 5. The first-order valence-corrected chi connectivity index (χ1v) is 6.52. The van der Waals surface area contributed by atoms with Crippen LogP contribution >= 0.6 is 0 Å². The zero-order valence-electron chi connectivity index (χ0n) is 12.0. The molecule has 3 N–H and O–H groups in total. The Labute approximate surface area is 113 Å². The molecule has 19 heavy (non-hydrogen) atoms. The zero-order valence-corrected chi connectivity index (χ0v) is 12.0. The highest BCUT2D eigenvalue weighted by Gasteiger charge is 2.16. The molecule has 2 rings (SSSR count). The Kier molecular flexibility index (Phi) is 3.71. The molecule has 0 fully saturated rings. The van der Waals surface area contributed by atoms with Gasteiger partial charge in [-0.2, -0.15) is 14.6 Å². The second-order valence-corrected chi connectivity index (χ2v) is 6.16. The lowest BCUT2D eigenvalue weighted by molar-refractivity contribution is 0.344. The van der Waals surface area contributed by atoms with Crippen molar-refractivity contribution in [1.82, 2.24) is 19.6 Å². The lowest BCUT2D eigenvalue weighted by Gasteiger charge is -2.23. The minimum absolute atomic E-state index is 0.104. The van der Waals surface area contributed by atoms with E-state index in [2.05, 4.69) is 41.2 Å². The Morgan fingerprint density at radius 3 is 2.84 bits per heavy atom. The van der Waals surface area contributed by atoms with Crippen LogP contribution in [0.15, 0.2) is 12.4 Å². The molecule has 2 heterocycles. The van der Waals surface area contributed by atoms with Crippen LogP contribution in [0.3, 0.4) is 0 Å². The van der Waals surface area contributed by atoms with Crippen LogP contribution in [-0.4, -0.2) is 32.2 Å². The number of hydrogen-bond donors (Lipinski definition) is 2. The van der Waals surface area contributed by atoms with Crippen molar-refractivity contribution in [2.24, 2.45) is 11.1 Å². The van der Waals surface area contributed by atoms with Crippen LogP contribution in [0.1, 0.15) is 32.9 Å². The number of nitrogens with one attached hydrogen (secondary N) is 1. The normalized spacial score (nSPS) is 13.7. The van der Waals surface area contributed by atoms with Crippen LogP contribution in [0.25, 0.3) is 5.78 Å². The molecule has 0 saturated heterocycles. The SMILES string of the molecule is Cc1cc(NCC(N)CC(C)(C)C)n2ncnc2n1. The number of nitrogens with zero attached hydrogens (tertiary/aromatic N) is 4. The minimum atomic E-state index is 0.104. The monoisotopic (exact) mass is 262 g/mol. The Bertz CT molecular complexity index is 554. The summed E-state index contributed by atoms with van der Waals surface area (Å²) in [6.45, 7) is 9.22. The van der Waals surface area contributed by atoms with E-state index in [9.17, 15) is 0 Å². The van der Waals surface area contributed by atoms with E-state index in [0.717, 1.165) is 17.9 Å². The van der Waals surface area contributed by atoms with Crippen LogP contribution in [0.2, 0.25) is 0 Å². The predicted octanol–water partition coefficient (Wildman–Crippen LogP) is 1.61. The van der Waals surface area contributed by atoms with Gasteiger partial charge in [-0.1, -0.05) is 20.8 Å². The van der Waals surface area contributed by atoms with Gasteiger partial charge in [0.25, 0.3) is 5.78 Å². The first-order valence-electron chi connectivity index (χ1n) is 6.52. The van der Waals surface area contributed by atoms with Crippen molar-refractivity contribution < 1.29 is 0 Å². The highest BCUT2D eigenvalue weighted by molar-refractivity contribution is 5.44. The summed E-state index contributed by atoms with van der Waals surface area (Å²) in [6, 6.07) is 2.05. The Hall–Kier alpha value is -1.69. The molecule has 0 radical (unpaired) electrons. The number of anilines is 1. The number of aryl methyl sites for hydroxylation is 1. The Morgan fingerprint density at radius 1 is 1.42 bits per heavy atom. The fraction of sp³-hybridized carbons (Fsp3) is 0.615. The van der Waals surface area contributed by atoms with E-state index < -0.39 is 0 Å². The highest BCUT2D eigenvalue weighted by Crippen LogP contribution is 2.20. The fourth-order valence-corrected chi connectivity index (χ4v) is 2.15. The van der Waals surface area contributed by atoms with Crippen molar-refractivity contribution in [3.05, 3.63) is 18.1 Å². The third kappa shape index (κ3) is 3.64. The van der Waals surface area contributed by atoms with Crippen molar-refractivity contribution in [2.75, 3.05) is 11.9 Å². The summed E-state index contributed by atoms with van der Waals surface area (Å²) in [6.07, 6.45) is 2.46. The summed E-state index contributed by atoms with van der Waals surface area (Å²) in [5.74, 6) is 1.48. The van der Waals surface area contributed by atoms with Gasteiger partial charge in [0.1, 0.15) is 12.1 Å². The molecule has 2 aromatic rings. The molecule has 0 aliphatic rings. The van der Waals surface area contributed by atoms with Crippen molar-refractivity contribution >= 4 is 11.6 Å². The average molecular weight is 262 g/mol. The van der Waals surface area contributed by atoms with Gasteiger partial charge in [-0.05, 0) is 18.8 Å². The first-order chi connectivity index (χ1) is 8.85. The Morgan fingerprint density at radius 2 is 2.16 bits per heavy atom. The van der Waals surface area contributed by atoms with E-state index in [1.54, 1.807) is 4.52 Å². The average Bonchev–Trinajstić information content (AvgIpc) is 2.71. The van der Waals surface area contributed by atoms with Gasteiger partial charge in [-0.15, -0.1) is 0 Å². The van der Waals surface area contributed by atoms with Gasteiger partial charge in [0.15, 0.2) is 0 Å². The van der Waals surface area contributed by atoms with Crippen LogP contribution < -0.4 is 11.1 Å². The second kappa shape index (κ2) is 5.13. The van der Waals surface area contributed by atoms with Gasteiger partial charge in [0.05, 0.1) is 0 Å². The number of nitrogens with two attached hydrogens (primary N) is 1. The van der Waals surface area contributed by atoms with Gasteiger partial charge in [-0.25, -0.2) is 4.98 Å². The number of aromatic nitrogens is 4. The number of fused-ring (bicyclic) bond motifs is 1. The molecule has 0 saturated carbocycles. The van der Waals surface area contributed by atoms with E-state index >= 15 is 0 Å². The number of rotatable bonds is 4. The van der Waals surface area contributed by atoms with Crippen LogP contribution in [0.4, 0.5) is 5.82 Å². The molecule has 0 spiro atoms. The van der Waals surface area contributed by atoms with Crippen molar-refractivity contribution in [1.29, 1.82) is 0 Å². The molecule has 1 atom stereocenters. The maximum Gasteiger partial charge on any atom is 0.254 e. The largest absolute Gasteiger partial charge is 0.368 e. The summed E-state index contributed by atoms with van der Waals surface area (Å²) < 4.78 is 1.69. The predicted molar refractivity (Wildman–Crippen MR) is 76.1 cm³/mol. The fourth-order valence-electron chi connectivity index (χ4n) is 2.15. The van der Waals surface area contributed by atoms with E-state index in [-0.39, 0.29) is 11.5 Å². The molecule has 1 unspecified atom stereocenters. The van der Waals surface area contributed by atoms with Crippen LogP contribution in [0.5, 0.6) is 0 Å². The van der Waals surface area contributed by atoms with E-state index in [4.69, 9.17) is 5.73 Å². The summed E-state index contributed by atoms with van der Waals surface area (Å²) in [7, 11) is 0. The molecule has 104 valence electrons. The lowest BCUT2D eigenvalue weighted by atomic mass is 9.88. The topological polar surface area (TPSA) is 81.1 Å². The standard InChI is InChI=1S/C13H22N6/c1-9-5-11(19-12(18-9)16-8-17-19)15-7-10(14)6-13(2,3)4/h5,8,10,15H,6-7,14H2,1-4H3. The summed E-state index contributed by atoms with van der Waals surface area (Å²) >= 11 is 0. The molecule has 6 nitrogen and oxygen atoms in total. The van der Waals surface area contributed by atoms with Crippen molar-refractivity contribution in [3.8, 4) is 0 Å². The molecule has 0 bridgehead atoms. The molecular formula is C13H22N6. The maximum absolute atomic E-state index is 6.14. The summed E-state index contributed by atoms with van der Waals surface area (Å²) in [4.78, 5) is 8.40. The van der Waals surface area contributed by atoms with Crippen LogP contribution in [0, 0.1) is 12.3 Å². The third-order valence-electron chi connectivity index (χ3n) is 2.80. The Balaban J connectivity index is 2.07. The van der Waals surface area contributed by atoms with Gasteiger partial charge >= 0.3 is 0 Å². The highest BCUT2D eigenvalue weighted by atomic mass is 15.3. The molecule has 0 amide bonds. The first kappa shape index (κ1) is 13.7.